The number of para-hydroxylation sites is 1. The van der Waals surface area contributed by atoms with E-state index in [1.54, 1.807) is 6.20 Å². The first-order valence-electron chi connectivity index (χ1n) is 4.20. The first kappa shape index (κ1) is 8.62. The lowest BCUT2D eigenvalue weighted by Crippen LogP contribution is -2.10. The van der Waals surface area contributed by atoms with Gasteiger partial charge in [-0.2, -0.15) is 0 Å². The van der Waals surface area contributed by atoms with Crippen molar-refractivity contribution in [3.05, 3.63) is 41.8 Å². The van der Waals surface area contributed by atoms with Gasteiger partial charge in [-0.3, -0.25) is 0 Å². The van der Waals surface area contributed by atoms with Crippen LogP contribution in [0.3, 0.4) is 0 Å². The predicted octanol–water partition coefficient (Wildman–Crippen LogP) is 2.19. The van der Waals surface area contributed by atoms with E-state index in [2.05, 4.69) is 10.1 Å². The highest BCUT2D eigenvalue weighted by Gasteiger charge is 2.12. The third-order valence-corrected chi connectivity index (χ3v) is 1.99. The van der Waals surface area contributed by atoms with Gasteiger partial charge in [0.15, 0.2) is 0 Å². The van der Waals surface area contributed by atoms with Crippen molar-refractivity contribution in [2.45, 2.75) is 6.42 Å². The number of fused-ring (bicyclic) bond motifs is 1. The molecule has 0 saturated carbocycles. The molecule has 0 spiro atoms. The number of carboxylic acid groups (broad SMARTS) is 1. The van der Waals surface area contributed by atoms with Crippen LogP contribution in [0.5, 0.6) is 0 Å². The topological polar surface area (TPSA) is 58.6 Å². The minimum atomic E-state index is -1.28. The van der Waals surface area contributed by atoms with Gasteiger partial charge in [0.2, 0.25) is 0 Å². The third kappa shape index (κ3) is 1.69. The maximum Gasteiger partial charge on any atom is 0.511 e. The summed E-state index contributed by atoms with van der Waals surface area (Å²) in [5.41, 5.74) is 2.02. The van der Waals surface area contributed by atoms with E-state index >= 15 is 0 Å². The molecule has 0 aromatic heterocycles. The number of carbonyl (C=O) groups is 1. The van der Waals surface area contributed by atoms with E-state index in [4.69, 9.17) is 5.11 Å². The lowest BCUT2D eigenvalue weighted by atomic mass is 10.1. The van der Waals surface area contributed by atoms with Gasteiger partial charge in [-0.15, -0.1) is 0 Å². The molecule has 1 heterocycles. The summed E-state index contributed by atoms with van der Waals surface area (Å²) in [6, 6.07) is 7.69. The highest BCUT2D eigenvalue weighted by atomic mass is 16.7. The van der Waals surface area contributed by atoms with Crippen LogP contribution >= 0.6 is 0 Å². The molecule has 72 valence electrons. The summed E-state index contributed by atoms with van der Waals surface area (Å²) in [6.07, 6.45) is 0.795. The van der Waals surface area contributed by atoms with E-state index in [0.717, 1.165) is 11.3 Å². The smallest absolute Gasteiger partial charge is 0.449 e. The molecular weight excluding hydrogens is 182 g/mol. The van der Waals surface area contributed by atoms with E-state index in [9.17, 15) is 4.79 Å². The Bertz CT molecular complexity index is 398. The minimum Gasteiger partial charge on any atom is -0.449 e. The summed E-state index contributed by atoms with van der Waals surface area (Å²) in [5.74, 6) is 0.413. The maximum atomic E-state index is 10.3. The van der Waals surface area contributed by atoms with E-state index in [1.165, 1.54) is 0 Å². The summed E-state index contributed by atoms with van der Waals surface area (Å²) >= 11 is 0. The summed E-state index contributed by atoms with van der Waals surface area (Å²) in [5, 5.41) is 11.4. The maximum absolute atomic E-state index is 10.3. The molecule has 0 unspecified atom stereocenters. The molecular formula is C10H9NO3. The van der Waals surface area contributed by atoms with Crippen molar-refractivity contribution in [2.24, 2.45) is 0 Å². The summed E-state index contributed by atoms with van der Waals surface area (Å²) in [7, 11) is 0. The Morgan fingerprint density at radius 2 is 2.21 bits per heavy atom. The number of anilines is 1. The van der Waals surface area contributed by atoms with Gasteiger partial charge in [-0.1, -0.05) is 18.2 Å². The van der Waals surface area contributed by atoms with Crippen LogP contribution in [0, 0.1) is 0 Å². The van der Waals surface area contributed by atoms with E-state index in [1.807, 2.05) is 24.3 Å². The molecule has 0 amide bonds. The van der Waals surface area contributed by atoms with Crippen molar-refractivity contribution in [2.75, 3.05) is 5.32 Å². The third-order valence-electron chi connectivity index (χ3n) is 1.99. The average molecular weight is 191 g/mol. The zero-order valence-electron chi connectivity index (χ0n) is 7.36. The van der Waals surface area contributed by atoms with Crippen molar-refractivity contribution in [3.8, 4) is 0 Å². The normalized spacial score (nSPS) is 13.6. The first-order valence-corrected chi connectivity index (χ1v) is 4.20. The molecule has 1 aromatic rings. The van der Waals surface area contributed by atoms with Gasteiger partial charge in [-0.25, -0.2) is 4.79 Å². The minimum absolute atomic E-state index is 0.413. The highest BCUT2D eigenvalue weighted by Crippen LogP contribution is 2.23. The van der Waals surface area contributed by atoms with E-state index in [0.29, 0.717) is 12.2 Å². The number of hydrogen-bond acceptors (Lipinski definition) is 3. The number of benzene rings is 1. The Morgan fingerprint density at radius 3 is 3.00 bits per heavy atom. The van der Waals surface area contributed by atoms with Crippen LogP contribution in [0.1, 0.15) is 5.56 Å². The van der Waals surface area contributed by atoms with Crippen LogP contribution in [-0.2, 0) is 11.2 Å². The molecule has 1 aliphatic heterocycles. The number of rotatable bonds is 1. The fraction of sp³-hybridized carbons (Fsp3) is 0.100. The van der Waals surface area contributed by atoms with E-state index in [-0.39, 0.29) is 0 Å². The van der Waals surface area contributed by atoms with Crippen molar-refractivity contribution in [3.63, 3.8) is 0 Å². The highest BCUT2D eigenvalue weighted by molar-refractivity contribution is 5.61. The Hall–Kier alpha value is -1.97. The van der Waals surface area contributed by atoms with Gasteiger partial charge >= 0.3 is 6.16 Å². The standard InChI is InChI=1S/C10H9NO3/c12-10(13)14-8-5-7-3-1-2-4-9(7)11-6-8/h1-4,6,11H,5H2,(H,12,13). The summed E-state index contributed by atoms with van der Waals surface area (Å²) < 4.78 is 4.56. The second-order valence-corrected chi connectivity index (χ2v) is 2.96. The number of nitrogens with one attached hydrogen (secondary N) is 1. The molecule has 0 aliphatic carbocycles. The van der Waals surface area contributed by atoms with Crippen molar-refractivity contribution < 1.29 is 14.6 Å². The molecule has 4 nitrogen and oxygen atoms in total. The Balaban J connectivity index is 2.17. The van der Waals surface area contributed by atoms with Crippen LogP contribution in [0.25, 0.3) is 0 Å². The Kier molecular flexibility index (Phi) is 2.10. The molecule has 1 aliphatic rings. The average Bonchev–Trinajstić information content (AvgIpc) is 2.17. The van der Waals surface area contributed by atoms with Gasteiger partial charge in [0.1, 0.15) is 5.76 Å². The van der Waals surface area contributed by atoms with Crippen LogP contribution < -0.4 is 5.32 Å². The number of ether oxygens (including phenoxy) is 1. The fourth-order valence-corrected chi connectivity index (χ4v) is 1.39. The van der Waals surface area contributed by atoms with Gasteiger partial charge < -0.3 is 15.2 Å². The largest absolute Gasteiger partial charge is 0.511 e. The molecule has 0 fully saturated rings. The molecule has 0 atom stereocenters. The number of hydrogen-bond donors (Lipinski definition) is 2. The molecule has 14 heavy (non-hydrogen) atoms. The van der Waals surface area contributed by atoms with Gasteiger partial charge in [-0.05, 0) is 11.6 Å². The second-order valence-electron chi connectivity index (χ2n) is 2.96. The van der Waals surface area contributed by atoms with E-state index < -0.39 is 6.16 Å². The van der Waals surface area contributed by atoms with Crippen molar-refractivity contribution in [1.82, 2.24) is 0 Å². The van der Waals surface area contributed by atoms with Crippen molar-refractivity contribution in [1.29, 1.82) is 0 Å². The molecule has 2 N–H and O–H groups in total. The summed E-state index contributed by atoms with van der Waals surface area (Å²) in [6.45, 7) is 0. The monoisotopic (exact) mass is 191 g/mol. The van der Waals surface area contributed by atoms with Crippen LogP contribution in [0.4, 0.5) is 10.5 Å². The fourth-order valence-electron chi connectivity index (χ4n) is 1.39. The molecule has 0 bridgehead atoms. The predicted molar refractivity (Wildman–Crippen MR) is 51.0 cm³/mol. The molecule has 0 radical (unpaired) electrons. The van der Waals surface area contributed by atoms with Crippen LogP contribution in [0.2, 0.25) is 0 Å². The number of allylic oxidation sites excluding steroid dienone is 1. The quantitative estimate of drug-likeness (QED) is 0.668. The zero-order chi connectivity index (χ0) is 9.97. The van der Waals surface area contributed by atoms with Gasteiger partial charge in [0, 0.05) is 18.3 Å². The Labute approximate surface area is 80.8 Å². The summed E-state index contributed by atoms with van der Waals surface area (Å²) in [4.78, 5) is 10.3. The Morgan fingerprint density at radius 1 is 1.43 bits per heavy atom. The van der Waals surface area contributed by atoms with Crippen LogP contribution in [0.15, 0.2) is 36.2 Å². The van der Waals surface area contributed by atoms with Crippen LogP contribution in [-0.4, -0.2) is 11.3 Å². The molecule has 0 saturated heterocycles. The van der Waals surface area contributed by atoms with Gasteiger partial charge in [0.25, 0.3) is 0 Å². The molecule has 4 heteroatoms. The molecule has 1 aromatic carbocycles. The van der Waals surface area contributed by atoms with Gasteiger partial charge in [0.05, 0.1) is 0 Å². The zero-order valence-corrected chi connectivity index (χ0v) is 7.36. The first-order chi connectivity index (χ1) is 6.75. The molecule has 2 rings (SSSR count). The SMILES string of the molecule is O=C(O)OC1=CNc2ccccc2C1. The second kappa shape index (κ2) is 3.41. The lowest BCUT2D eigenvalue weighted by Gasteiger charge is -2.16. The van der Waals surface area contributed by atoms with Crippen molar-refractivity contribution >= 4 is 11.8 Å². The lowest BCUT2D eigenvalue weighted by molar-refractivity contribution is 0.117.